The number of aliphatic hydroxyl groups is 1. The van der Waals surface area contributed by atoms with Crippen LogP contribution in [-0.4, -0.2) is 29.2 Å². The van der Waals surface area contributed by atoms with E-state index < -0.39 is 11.9 Å². The Kier molecular flexibility index (Phi) is 5.00. The van der Waals surface area contributed by atoms with Crippen LogP contribution < -0.4 is 0 Å². The van der Waals surface area contributed by atoms with E-state index in [-0.39, 0.29) is 16.9 Å². The van der Waals surface area contributed by atoms with Crippen LogP contribution in [0.4, 0.5) is 4.39 Å². The predicted octanol–water partition coefficient (Wildman–Crippen LogP) is 4.08. The van der Waals surface area contributed by atoms with Gasteiger partial charge < -0.3 is 5.11 Å². The molecule has 3 rings (SSSR count). The molecule has 0 aromatic heterocycles. The molecule has 0 aliphatic carbocycles. The zero-order valence-electron chi connectivity index (χ0n) is 13.1. The summed E-state index contributed by atoms with van der Waals surface area (Å²) in [6.07, 6.45) is -0.431. The van der Waals surface area contributed by atoms with Crippen molar-refractivity contribution in [2.45, 2.75) is 25.5 Å². The number of nitrogens with zero attached hydrogens (tertiary/aromatic N) is 1. The third-order valence-electron chi connectivity index (χ3n) is 4.68. The van der Waals surface area contributed by atoms with Gasteiger partial charge in [-0.3, -0.25) is 4.90 Å². The average Bonchev–Trinajstić information content (AvgIpc) is 2.95. The first-order chi connectivity index (χ1) is 11.0. The summed E-state index contributed by atoms with van der Waals surface area (Å²) in [6.45, 7) is 4.28. The van der Waals surface area contributed by atoms with Crippen molar-refractivity contribution in [3.63, 3.8) is 0 Å². The highest BCUT2D eigenvalue weighted by molar-refractivity contribution is 6.30. The molecule has 2 nitrogen and oxygen atoms in total. The van der Waals surface area contributed by atoms with Crippen LogP contribution in [0.25, 0.3) is 0 Å². The van der Waals surface area contributed by atoms with Crippen LogP contribution in [0.1, 0.15) is 24.0 Å². The molecule has 1 N–H and O–H groups in total. The van der Waals surface area contributed by atoms with Gasteiger partial charge in [-0.2, -0.15) is 0 Å². The summed E-state index contributed by atoms with van der Waals surface area (Å²) in [7, 11) is 0. The predicted molar refractivity (Wildman–Crippen MR) is 91.0 cm³/mol. The first-order valence-electron chi connectivity index (χ1n) is 7.94. The maximum atomic E-state index is 13.8. The molecule has 0 bridgehead atoms. The van der Waals surface area contributed by atoms with Gasteiger partial charge in [-0.05, 0) is 30.2 Å². The molecule has 3 atom stereocenters. The Morgan fingerprint density at radius 1 is 1.22 bits per heavy atom. The molecule has 0 unspecified atom stereocenters. The van der Waals surface area contributed by atoms with Crippen molar-refractivity contribution < 1.29 is 9.50 Å². The molecule has 1 aliphatic heterocycles. The molecule has 1 aliphatic rings. The average molecular weight is 334 g/mol. The van der Waals surface area contributed by atoms with E-state index in [2.05, 4.69) is 17.0 Å². The Bertz CT molecular complexity index is 662. The second kappa shape index (κ2) is 7.00. The number of likely N-dealkylation sites (tertiary alicyclic amines) is 1. The SMILES string of the molecule is C[C@H](O)[C@H]1CN(Cc2ccccc2)C[C@@H]1c1ccc(Cl)c(F)c1. The lowest BCUT2D eigenvalue weighted by Gasteiger charge is -2.21. The molecule has 1 heterocycles. The third-order valence-corrected chi connectivity index (χ3v) is 4.99. The zero-order chi connectivity index (χ0) is 16.4. The Balaban J connectivity index is 1.79. The lowest BCUT2D eigenvalue weighted by Crippen LogP contribution is -2.25. The minimum Gasteiger partial charge on any atom is -0.393 e. The fourth-order valence-corrected chi connectivity index (χ4v) is 3.59. The minimum absolute atomic E-state index is 0.0966. The lowest BCUT2D eigenvalue weighted by molar-refractivity contribution is 0.120. The minimum atomic E-state index is -0.431. The standard InChI is InChI=1S/C19H21ClFNO/c1-13(23)16-11-22(10-14-5-3-2-4-6-14)12-17(16)15-7-8-18(20)19(21)9-15/h2-9,13,16-17,23H,10-12H2,1H3/t13-,16+,17+/m0/s1. The van der Waals surface area contributed by atoms with E-state index in [1.165, 1.54) is 11.6 Å². The van der Waals surface area contributed by atoms with E-state index >= 15 is 0 Å². The van der Waals surface area contributed by atoms with Gasteiger partial charge in [0.2, 0.25) is 0 Å². The molecule has 0 amide bonds. The number of halogens is 2. The lowest BCUT2D eigenvalue weighted by atomic mass is 9.86. The highest BCUT2D eigenvalue weighted by atomic mass is 35.5. The Labute approximate surface area is 141 Å². The van der Waals surface area contributed by atoms with Gasteiger partial charge in [-0.25, -0.2) is 4.39 Å². The van der Waals surface area contributed by atoms with Crippen LogP contribution in [0.15, 0.2) is 48.5 Å². The first-order valence-corrected chi connectivity index (χ1v) is 8.31. The van der Waals surface area contributed by atoms with Crippen molar-refractivity contribution in [3.05, 3.63) is 70.5 Å². The third kappa shape index (κ3) is 3.74. The van der Waals surface area contributed by atoms with Gasteiger partial charge in [0, 0.05) is 31.5 Å². The van der Waals surface area contributed by atoms with Crippen molar-refractivity contribution in [2.24, 2.45) is 5.92 Å². The molecule has 0 radical (unpaired) electrons. The quantitative estimate of drug-likeness (QED) is 0.911. The fourth-order valence-electron chi connectivity index (χ4n) is 3.47. The highest BCUT2D eigenvalue weighted by Gasteiger charge is 2.36. The number of hydrogen-bond acceptors (Lipinski definition) is 2. The molecule has 1 fully saturated rings. The smallest absolute Gasteiger partial charge is 0.142 e. The summed E-state index contributed by atoms with van der Waals surface area (Å²) in [5, 5.41) is 10.3. The van der Waals surface area contributed by atoms with Crippen molar-refractivity contribution in [1.29, 1.82) is 0 Å². The number of benzene rings is 2. The summed E-state index contributed by atoms with van der Waals surface area (Å²) in [5.41, 5.74) is 2.16. The Hall–Kier alpha value is -1.42. The van der Waals surface area contributed by atoms with E-state index in [1.54, 1.807) is 6.07 Å². The van der Waals surface area contributed by atoms with Gasteiger partial charge >= 0.3 is 0 Å². The van der Waals surface area contributed by atoms with E-state index in [9.17, 15) is 9.50 Å². The second-order valence-corrected chi connectivity index (χ2v) is 6.77. The van der Waals surface area contributed by atoms with Gasteiger partial charge in [0.25, 0.3) is 0 Å². The largest absolute Gasteiger partial charge is 0.393 e. The molecule has 4 heteroatoms. The summed E-state index contributed by atoms with van der Waals surface area (Å²) < 4.78 is 13.8. The molecule has 23 heavy (non-hydrogen) atoms. The van der Waals surface area contributed by atoms with E-state index in [0.29, 0.717) is 0 Å². The molecule has 2 aromatic carbocycles. The summed E-state index contributed by atoms with van der Waals surface area (Å²) in [6, 6.07) is 15.3. The summed E-state index contributed by atoms with van der Waals surface area (Å²) in [5.74, 6) is -0.181. The number of hydrogen-bond donors (Lipinski definition) is 1. The van der Waals surface area contributed by atoms with Crippen molar-refractivity contribution in [1.82, 2.24) is 4.90 Å². The molecule has 1 saturated heterocycles. The summed E-state index contributed by atoms with van der Waals surface area (Å²) >= 11 is 5.79. The zero-order valence-corrected chi connectivity index (χ0v) is 13.9. The van der Waals surface area contributed by atoms with Crippen LogP contribution in [0.5, 0.6) is 0 Å². The molecule has 0 spiro atoms. The van der Waals surface area contributed by atoms with Gasteiger partial charge in [-0.15, -0.1) is 0 Å². The van der Waals surface area contributed by atoms with E-state index in [0.717, 1.165) is 25.2 Å². The highest BCUT2D eigenvalue weighted by Crippen LogP contribution is 2.36. The first kappa shape index (κ1) is 16.4. The molecule has 2 aromatic rings. The van der Waals surface area contributed by atoms with Crippen LogP contribution in [0, 0.1) is 11.7 Å². The maximum absolute atomic E-state index is 13.8. The second-order valence-electron chi connectivity index (χ2n) is 6.36. The molecular weight excluding hydrogens is 313 g/mol. The van der Waals surface area contributed by atoms with Gasteiger partial charge in [0.05, 0.1) is 11.1 Å². The monoisotopic (exact) mass is 333 g/mol. The van der Waals surface area contributed by atoms with Crippen LogP contribution in [-0.2, 0) is 6.54 Å². The van der Waals surface area contributed by atoms with E-state index in [1.807, 2.05) is 31.2 Å². The van der Waals surface area contributed by atoms with Gasteiger partial charge in [-0.1, -0.05) is 48.0 Å². The van der Waals surface area contributed by atoms with Crippen LogP contribution >= 0.6 is 11.6 Å². The number of rotatable bonds is 4. The van der Waals surface area contributed by atoms with Gasteiger partial charge in [0.15, 0.2) is 0 Å². The molecular formula is C19H21ClFNO. The van der Waals surface area contributed by atoms with Crippen LogP contribution in [0.3, 0.4) is 0 Å². The fraction of sp³-hybridized carbons (Fsp3) is 0.368. The van der Waals surface area contributed by atoms with Gasteiger partial charge in [0.1, 0.15) is 5.82 Å². The molecule has 0 saturated carbocycles. The molecule has 122 valence electrons. The van der Waals surface area contributed by atoms with Crippen molar-refractivity contribution in [3.8, 4) is 0 Å². The Morgan fingerprint density at radius 3 is 2.61 bits per heavy atom. The topological polar surface area (TPSA) is 23.5 Å². The van der Waals surface area contributed by atoms with Crippen molar-refractivity contribution >= 4 is 11.6 Å². The van der Waals surface area contributed by atoms with E-state index in [4.69, 9.17) is 11.6 Å². The number of aliphatic hydroxyl groups excluding tert-OH is 1. The maximum Gasteiger partial charge on any atom is 0.142 e. The summed E-state index contributed by atoms with van der Waals surface area (Å²) in [4.78, 5) is 2.32. The van der Waals surface area contributed by atoms with Crippen molar-refractivity contribution in [2.75, 3.05) is 13.1 Å². The van der Waals surface area contributed by atoms with Crippen LogP contribution in [0.2, 0.25) is 5.02 Å². The normalized spacial score (nSPS) is 23.1. The Morgan fingerprint density at radius 2 is 1.96 bits per heavy atom.